The van der Waals surface area contributed by atoms with Crippen molar-refractivity contribution in [2.45, 2.75) is 13.5 Å². The largest absolute Gasteiger partial charge is 0.416 e. The molecule has 0 aliphatic heterocycles. The van der Waals surface area contributed by atoms with Gasteiger partial charge in [-0.15, -0.1) is 0 Å². The van der Waals surface area contributed by atoms with E-state index in [4.69, 9.17) is 9.26 Å². The van der Waals surface area contributed by atoms with Crippen molar-refractivity contribution in [3.63, 3.8) is 0 Å². The summed E-state index contributed by atoms with van der Waals surface area (Å²) in [6.07, 6.45) is -0.621. The zero-order valence-corrected chi connectivity index (χ0v) is 11.8. The molecule has 3 aromatic rings. The van der Waals surface area contributed by atoms with Crippen LogP contribution in [0.25, 0.3) is 22.5 Å². The molecule has 0 aliphatic carbocycles. The number of nitrogens with one attached hydrogen (secondary N) is 2. The van der Waals surface area contributed by atoms with Crippen LogP contribution in [0.3, 0.4) is 0 Å². The van der Waals surface area contributed by atoms with Gasteiger partial charge in [-0.25, -0.2) is 4.79 Å². The maximum Gasteiger partial charge on any atom is 0.412 e. The van der Waals surface area contributed by atoms with Gasteiger partial charge in [-0.1, -0.05) is 29.9 Å². The van der Waals surface area contributed by atoms with E-state index >= 15 is 0 Å². The Bertz CT molecular complexity index is 836. The quantitative estimate of drug-likeness (QED) is 0.716. The van der Waals surface area contributed by atoms with Gasteiger partial charge in [0.25, 0.3) is 5.89 Å². The summed E-state index contributed by atoms with van der Waals surface area (Å²) in [7, 11) is 0. The van der Waals surface area contributed by atoms with Crippen molar-refractivity contribution >= 4 is 17.0 Å². The molecule has 0 atom stereocenters. The number of aromatic amines is 1. The molecule has 0 radical (unpaired) electrons. The van der Waals surface area contributed by atoms with Crippen LogP contribution < -0.4 is 5.32 Å². The highest BCUT2D eigenvalue weighted by molar-refractivity contribution is 5.90. The molecule has 2 N–H and O–H groups in total. The van der Waals surface area contributed by atoms with Crippen LogP contribution in [0.15, 0.2) is 41.1 Å². The second-order valence-electron chi connectivity index (χ2n) is 4.58. The first kappa shape index (κ1) is 13.8. The summed E-state index contributed by atoms with van der Waals surface area (Å²) in [6.45, 7) is 5.13. The Morgan fingerprint density at radius 2 is 2.27 bits per heavy atom. The van der Waals surface area contributed by atoms with Gasteiger partial charge in [-0.3, -0.25) is 5.10 Å². The lowest BCUT2D eigenvalue weighted by Crippen LogP contribution is -2.23. The molecule has 2 aromatic heterocycles. The fourth-order valence-corrected chi connectivity index (χ4v) is 1.89. The van der Waals surface area contributed by atoms with Crippen molar-refractivity contribution in [2.75, 3.05) is 0 Å². The van der Waals surface area contributed by atoms with Gasteiger partial charge in [-0.05, 0) is 13.0 Å². The second-order valence-corrected chi connectivity index (χ2v) is 4.58. The number of para-hydroxylation sites is 1. The Balaban J connectivity index is 1.74. The van der Waals surface area contributed by atoms with Crippen molar-refractivity contribution in [3.05, 3.63) is 42.4 Å². The van der Waals surface area contributed by atoms with Crippen molar-refractivity contribution in [1.82, 2.24) is 25.7 Å². The molecule has 2 heterocycles. The number of ether oxygens (including phenoxy) is 1. The second kappa shape index (κ2) is 5.68. The molecule has 0 fully saturated rings. The van der Waals surface area contributed by atoms with Crippen molar-refractivity contribution in [2.24, 2.45) is 0 Å². The maximum atomic E-state index is 11.3. The molecule has 22 heavy (non-hydrogen) atoms. The standard InChI is InChI=1S/C14H13N5O3/c1-8(2)21-14(20)15-7-11-16-13(22-19-11)12-9-5-3-4-6-10(9)17-18-12/h3-6H,1,7H2,2H3,(H,15,20)(H,17,18). The van der Waals surface area contributed by atoms with Gasteiger partial charge in [0.05, 0.1) is 17.8 Å². The van der Waals surface area contributed by atoms with Crippen LogP contribution in [0.1, 0.15) is 12.7 Å². The number of allylic oxidation sites excluding steroid dienone is 1. The smallest absolute Gasteiger partial charge is 0.412 e. The zero-order valence-electron chi connectivity index (χ0n) is 11.8. The summed E-state index contributed by atoms with van der Waals surface area (Å²) in [5.74, 6) is 0.901. The van der Waals surface area contributed by atoms with Gasteiger partial charge in [-0.2, -0.15) is 10.1 Å². The number of rotatable bonds is 4. The highest BCUT2D eigenvalue weighted by Gasteiger charge is 2.15. The third kappa shape index (κ3) is 2.80. The third-order valence-electron chi connectivity index (χ3n) is 2.80. The maximum absolute atomic E-state index is 11.3. The predicted octanol–water partition coefficient (Wildman–Crippen LogP) is 2.37. The van der Waals surface area contributed by atoms with E-state index in [2.05, 4.69) is 32.2 Å². The topological polar surface area (TPSA) is 106 Å². The fraction of sp³-hybridized carbons (Fsp3) is 0.143. The predicted molar refractivity (Wildman–Crippen MR) is 77.5 cm³/mol. The molecule has 0 spiro atoms. The SMILES string of the molecule is C=C(C)OC(=O)NCc1noc(-c2n[nH]c3ccccc23)n1. The highest BCUT2D eigenvalue weighted by atomic mass is 16.6. The minimum absolute atomic E-state index is 0.0813. The van der Waals surface area contributed by atoms with Gasteiger partial charge in [0, 0.05) is 5.39 Å². The Hall–Kier alpha value is -3.16. The van der Waals surface area contributed by atoms with Gasteiger partial charge >= 0.3 is 6.09 Å². The number of nitrogens with zero attached hydrogens (tertiary/aromatic N) is 3. The molecule has 0 unspecified atom stereocenters. The van der Waals surface area contributed by atoms with Gasteiger partial charge in [0.2, 0.25) is 0 Å². The molecule has 0 bridgehead atoms. The van der Waals surface area contributed by atoms with E-state index in [-0.39, 0.29) is 12.4 Å². The number of amides is 1. The number of fused-ring (bicyclic) bond motifs is 1. The molecule has 0 aliphatic rings. The van der Waals surface area contributed by atoms with E-state index < -0.39 is 6.09 Å². The number of hydrogen-bond acceptors (Lipinski definition) is 6. The molecule has 8 heteroatoms. The number of carbonyl (C=O) groups excluding carboxylic acids is 1. The van der Waals surface area contributed by atoms with E-state index in [1.807, 2.05) is 24.3 Å². The number of aromatic nitrogens is 4. The molecule has 0 saturated carbocycles. The number of H-pyrrole nitrogens is 1. The summed E-state index contributed by atoms with van der Waals surface area (Å²) in [4.78, 5) is 15.5. The Labute approximate surface area is 125 Å². The lowest BCUT2D eigenvalue weighted by Gasteiger charge is -2.02. The molecule has 3 rings (SSSR count). The van der Waals surface area contributed by atoms with Crippen LogP contribution in [-0.4, -0.2) is 26.4 Å². The van der Waals surface area contributed by atoms with E-state index in [9.17, 15) is 4.79 Å². The summed E-state index contributed by atoms with van der Waals surface area (Å²) in [5, 5.41) is 14.2. The van der Waals surface area contributed by atoms with Crippen LogP contribution in [0.5, 0.6) is 0 Å². The molecule has 1 aromatic carbocycles. The van der Waals surface area contributed by atoms with Crippen molar-refractivity contribution in [3.8, 4) is 11.6 Å². The van der Waals surface area contributed by atoms with Crippen LogP contribution in [0.4, 0.5) is 4.79 Å². The first-order valence-corrected chi connectivity index (χ1v) is 6.51. The molecule has 8 nitrogen and oxygen atoms in total. The average Bonchev–Trinajstić information content (AvgIpc) is 3.10. The monoisotopic (exact) mass is 299 g/mol. The molecular weight excluding hydrogens is 286 g/mol. The minimum atomic E-state index is -0.621. The number of benzene rings is 1. The zero-order chi connectivity index (χ0) is 15.5. The number of alkyl carbamates (subject to hydrolysis) is 1. The van der Waals surface area contributed by atoms with Crippen molar-refractivity contribution in [1.29, 1.82) is 0 Å². The van der Waals surface area contributed by atoms with Crippen LogP contribution in [0.2, 0.25) is 0 Å². The van der Waals surface area contributed by atoms with Gasteiger partial charge < -0.3 is 14.6 Å². The number of hydrogen-bond donors (Lipinski definition) is 2. The third-order valence-corrected chi connectivity index (χ3v) is 2.80. The molecule has 112 valence electrons. The van der Waals surface area contributed by atoms with Crippen LogP contribution in [0, 0.1) is 0 Å². The summed E-state index contributed by atoms with van der Waals surface area (Å²) >= 11 is 0. The minimum Gasteiger partial charge on any atom is -0.416 e. The molecule has 1 amide bonds. The van der Waals surface area contributed by atoms with E-state index in [0.29, 0.717) is 17.3 Å². The lowest BCUT2D eigenvalue weighted by molar-refractivity contribution is 0.175. The van der Waals surface area contributed by atoms with E-state index in [0.717, 1.165) is 10.9 Å². The normalized spacial score (nSPS) is 10.6. The first-order valence-electron chi connectivity index (χ1n) is 6.51. The number of carbonyl (C=O) groups is 1. The van der Waals surface area contributed by atoms with Crippen LogP contribution in [-0.2, 0) is 11.3 Å². The summed E-state index contributed by atoms with van der Waals surface area (Å²) < 4.78 is 9.94. The molecule has 0 saturated heterocycles. The highest BCUT2D eigenvalue weighted by Crippen LogP contribution is 2.24. The fourth-order valence-electron chi connectivity index (χ4n) is 1.89. The molecular formula is C14H13N5O3. The van der Waals surface area contributed by atoms with Crippen molar-refractivity contribution < 1.29 is 14.1 Å². The average molecular weight is 299 g/mol. The summed E-state index contributed by atoms with van der Waals surface area (Å²) in [5.41, 5.74) is 1.44. The van der Waals surface area contributed by atoms with E-state index in [1.165, 1.54) is 0 Å². The van der Waals surface area contributed by atoms with Crippen LogP contribution >= 0.6 is 0 Å². The Morgan fingerprint density at radius 3 is 3.09 bits per heavy atom. The Kier molecular flexibility index (Phi) is 3.57. The first-order chi connectivity index (χ1) is 10.6. The van der Waals surface area contributed by atoms with E-state index in [1.54, 1.807) is 6.92 Å². The summed E-state index contributed by atoms with van der Waals surface area (Å²) in [6, 6.07) is 7.60. The van der Waals surface area contributed by atoms with Gasteiger partial charge in [0.1, 0.15) is 0 Å². The Morgan fingerprint density at radius 1 is 1.45 bits per heavy atom. The lowest BCUT2D eigenvalue weighted by atomic mass is 10.2. The van der Waals surface area contributed by atoms with Gasteiger partial charge in [0.15, 0.2) is 11.5 Å².